The maximum Gasteiger partial charge on any atom is 0.0106 e. The monoisotopic (exact) mass is 178 g/mol. The third-order valence-corrected chi connectivity index (χ3v) is 3.40. The molecule has 1 saturated carbocycles. The SMILES string of the molecule is Cn1ccc(C2(CN)CCCC2)c1. The maximum absolute atomic E-state index is 5.90. The number of hydrogen-bond acceptors (Lipinski definition) is 1. The zero-order valence-electron chi connectivity index (χ0n) is 8.29. The van der Waals surface area contributed by atoms with Crippen LogP contribution in [0.15, 0.2) is 18.5 Å². The van der Waals surface area contributed by atoms with Crippen molar-refractivity contribution >= 4 is 0 Å². The van der Waals surface area contributed by atoms with Gasteiger partial charge in [0.1, 0.15) is 0 Å². The summed E-state index contributed by atoms with van der Waals surface area (Å²) in [5.41, 5.74) is 7.65. The number of nitrogens with zero attached hydrogens (tertiary/aromatic N) is 1. The molecule has 0 amide bonds. The van der Waals surface area contributed by atoms with E-state index in [1.54, 1.807) is 0 Å². The molecule has 1 aromatic heterocycles. The number of rotatable bonds is 2. The minimum atomic E-state index is 0.307. The van der Waals surface area contributed by atoms with Gasteiger partial charge in [0.05, 0.1) is 0 Å². The van der Waals surface area contributed by atoms with E-state index in [9.17, 15) is 0 Å². The van der Waals surface area contributed by atoms with Crippen LogP contribution in [0, 0.1) is 0 Å². The summed E-state index contributed by atoms with van der Waals surface area (Å²) in [5, 5.41) is 0. The van der Waals surface area contributed by atoms with Gasteiger partial charge >= 0.3 is 0 Å². The number of nitrogens with two attached hydrogens (primary N) is 1. The van der Waals surface area contributed by atoms with Crippen LogP contribution in [0.3, 0.4) is 0 Å². The molecule has 1 aromatic rings. The molecular weight excluding hydrogens is 160 g/mol. The topological polar surface area (TPSA) is 30.9 Å². The fraction of sp³-hybridized carbons (Fsp3) is 0.636. The Labute approximate surface area is 79.7 Å². The summed E-state index contributed by atoms with van der Waals surface area (Å²) in [7, 11) is 2.07. The van der Waals surface area contributed by atoms with E-state index in [0.717, 1.165) is 6.54 Å². The van der Waals surface area contributed by atoms with Crippen LogP contribution < -0.4 is 5.73 Å². The molecule has 0 bridgehead atoms. The Bertz CT molecular complexity index is 282. The first-order valence-corrected chi connectivity index (χ1v) is 5.09. The molecule has 2 N–H and O–H groups in total. The van der Waals surface area contributed by atoms with Gasteiger partial charge in [-0.3, -0.25) is 0 Å². The molecule has 2 heteroatoms. The lowest BCUT2D eigenvalue weighted by Crippen LogP contribution is -2.31. The molecule has 72 valence electrons. The maximum atomic E-state index is 5.90. The normalized spacial score (nSPS) is 20.8. The predicted molar refractivity (Wildman–Crippen MR) is 54.6 cm³/mol. The predicted octanol–water partition coefficient (Wildman–Crippen LogP) is 1.80. The van der Waals surface area contributed by atoms with E-state index in [1.807, 2.05) is 0 Å². The van der Waals surface area contributed by atoms with Crippen molar-refractivity contribution in [3.05, 3.63) is 24.0 Å². The van der Waals surface area contributed by atoms with Gasteiger partial charge < -0.3 is 10.3 Å². The molecule has 2 nitrogen and oxygen atoms in total. The van der Waals surface area contributed by atoms with Crippen molar-refractivity contribution in [3.63, 3.8) is 0 Å². The molecule has 13 heavy (non-hydrogen) atoms. The van der Waals surface area contributed by atoms with Crippen molar-refractivity contribution in [1.29, 1.82) is 0 Å². The molecule has 2 rings (SSSR count). The Morgan fingerprint density at radius 2 is 2.15 bits per heavy atom. The highest BCUT2D eigenvalue weighted by molar-refractivity contribution is 5.24. The van der Waals surface area contributed by atoms with Gasteiger partial charge in [0, 0.05) is 31.4 Å². The summed E-state index contributed by atoms with van der Waals surface area (Å²) in [4.78, 5) is 0. The highest BCUT2D eigenvalue weighted by Crippen LogP contribution is 2.40. The fourth-order valence-electron chi connectivity index (χ4n) is 2.48. The van der Waals surface area contributed by atoms with Crippen LogP contribution >= 0.6 is 0 Å². The molecule has 0 aliphatic heterocycles. The van der Waals surface area contributed by atoms with Gasteiger partial charge in [0.15, 0.2) is 0 Å². The molecule has 0 spiro atoms. The van der Waals surface area contributed by atoms with Gasteiger partial charge in [-0.05, 0) is 24.5 Å². The fourth-order valence-corrected chi connectivity index (χ4v) is 2.48. The minimum Gasteiger partial charge on any atom is -0.357 e. The van der Waals surface area contributed by atoms with Crippen LogP contribution in [0.1, 0.15) is 31.2 Å². The first-order chi connectivity index (χ1) is 6.27. The zero-order valence-corrected chi connectivity index (χ0v) is 8.29. The van der Waals surface area contributed by atoms with E-state index in [1.165, 1.54) is 31.2 Å². The van der Waals surface area contributed by atoms with Crippen molar-refractivity contribution in [2.75, 3.05) is 6.54 Å². The molecule has 0 aromatic carbocycles. The van der Waals surface area contributed by atoms with E-state index in [2.05, 4.69) is 30.1 Å². The van der Waals surface area contributed by atoms with Crippen molar-refractivity contribution in [2.45, 2.75) is 31.1 Å². The van der Waals surface area contributed by atoms with Gasteiger partial charge in [-0.1, -0.05) is 12.8 Å². The third kappa shape index (κ3) is 1.39. The Kier molecular flexibility index (Phi) is 2.16. The Morgan fingerprint density at radius 1 is 1.46 bits per heavy atom. The van der Waals surface area contributed by atoms with Crippen LogP contribution in [0.5, 0.6) is 0 Å². The van der Waals surface area contributed by atoms with Crippen LogP contribution in [-0.2, 0) is 12.5 Å². The zero-order chi connectivity index (χ0) is 9.31. The van der Waals surface area contributed by atoms with Crippen molar-refractivity contribution in [1.82, 2.24) is 4.57 Å². The quantitative estimate of drug-likeness (QED) is 0.735. The molecular formula is C11H18N2. The van der Waals surface area contributed by atoms with Crippen molar-refractivity contribution in [2.24, 2.45) is 12.8 Å². The lowest BCUT2D eigenvalue weighted by atomic mass is 9.80. The van der Waals surface area contributed by atoms with Gasteiger partial charge in [-0.15, -0.1) is 0 Å². The summed E-state index contributed by atoms with van der Waals surface area (Å²) >= 11 is 0. The minimum absolute atomic E-state index is 0.307. The lowest BCUT2D eigenvalue weighted by molar-refractivity contribution is 0.453. The molecule has 0 unspecified atom stereocenters. The molecule has 0 saturated heterocycles. The van der Waals surface area contributed by atoms with Crippen LogP contribution in [0.4, 0.5) is 0 Å². The lowest BCUT2D eigenvalue weighted by Gasteiger charge is -2.26. The highest BCUT2D eigenvalue weighted by atomic mass is 14.9. The van der Waals surface area contributed by atoms with E-state index >= 15 is 0 Å². The van der Waals surface area contributed by atoms with Gasteiger partial charge in [0.25, 0.3) is 0 Å². The molecule has 1 fully saturated rings. The second-order valence-corrected chi connectivity index (χ2v) is 4.26. The van der Waals surface area contributed by atoms with Gasteiger partial charge in [-0.2, -0.15) is 0 Å². The first kappa shape index (κ1) is 8.82. The van der Waals surface area contributed by atoms with Crippen molar-refractivity contribution < 1.29 is 0 Å². The Morgan fingerprint density at radius 3 is 2.62 bits per heavy atom. The molecule has 0 atom stereocenters. The average molecular weight is 178 g/mol. The van der Waals surface area contributed by atoms with E-state index < -0.39 is 0 Å². The number of aryl methyl sites for hydroxylation is 1. The largest absolute Gasteiger partial charge is 0.357 e. The molecule has 1 heterocycles. The first-order valence-electron chi connectivity index (χ1n) is 5.09. The smallest absolute Gasteiger partial charge is 0.0106 e. The average Bonchev–Trinajstić information content (AvgIpc) is 2.73. The summed E-state index contributed by atoms with van der Waals surface area (Å²) in [6.07, 6.45) is 9.56. The van der Waals surface area contributed by atoms with Crippen LogP contribution in [0.2, 0.25) is 0 Å². The highest BCUT2D eigenvalue weighted by Gasteiger charge is 2.34. The second kappa shape index (κ2) is 3.18. The van der Waals surface area contributed by atoms with Crippen molar-refractivity contribution in [3.8, 4) is 0 Å². The van der Waals surface area contributed by atoms with Gasteiger partial charge in [-0.25, -0.2) is 0 Å². The second-order valence-electron chi connectivity index (χ2n) is 4.26. The molecule has 0 radical (unpaired) electrons. The Balaban J connectivity index is 2.30. The van der Waals surface area contributed by atoms with Crippen LogP contribution in [0.25, 0.3) is 0 Å². The summed E-state index contributed by atoms with van der Waals surface area (Å²) in [5.74, 6) is 0. The third-order valence-electron chi connectivity index (χ3n) is 3.40. The van der Waals surface area contributed by atoms with E-state index in [-0.39, 0.29) is 0 Å². The van der Waals surface area contributed by atoms with E-state index in [4.69, 9.17) is 5.73 Å². The summed E-state index contributed by atoms with van der Waals surface area (Å²) in [6.45, 7) is 0.803. The molecule has 1 aliphatic rings. The van der Waals surface area contributed by atoms with Crippen LogP contribution in [-0.4, -0.2) is 11.1 Å². The molecule has 1 aliphatic carbocycles. The standard InChI is InChI=1S/C11H18N2/c1-13-7-4-10(8-13)11(9-12)5-2-3-6-11/h4,7-8H,2-3,5-6,9,12H2,1H3. The number of hydrogen-bond donors (Lipinski definition) is 1. The number of aromatic nitrogens is 1. The summed E-state index contributed by atoms with van der Waals surface area (Å²) < 4.78 is 2.12. The van der Waals surface area contributed by atoms with E-state index in [0.29, 0.717) is 5.41 Å². The van der Waals surface area contributed by atoms with Gasteiger partial charge in [0.2, 0.25) is 0 Å². The Hall–Kier alpha value is -0.760. The summed E-state index contributed by atoms with van der Waals surface area (Å²) in [6, 6.07) is 2.22.